The number of hydrogen-bond acceptors (Lipinski definition) is 5. The number of rotatable bonds is 5. The van der Waals surface area contributed by atoms with E-state index >= 15 is 0 Å². The van der Waals surface area contributed by atoms with Crippen LogP contribution in [-0.4, -0.2) is 36.2 Å². The molecule has 2 amide bonds. The minimum atomic E-state index is -4.00. The Morgan fingerprint density at radius 2 is 1.85 bits per heavy atom. The van der Waals surface area contributed by atoms with Gasteiger partial charge in [0, 0.05) is 11.6 Å². The summed E-state index contributed by atoms with van der Waals surface area (Å²) in [5, 5.41) is 0. The first-order valence-corrected chi connectivity index (χ1v) is 8.10. The van der Waals surface area contributed by atoms with Crippen LogP contribution >= 0.6 is 11.6 Å². The summed E-state index contributed by atoms with van der Waals surface area (Å²) in [5.74, 6) is -1.70. The number of amides is 2. The number of sulfonamides is 1. The lowest BCUT2D eigenvalue weighted by Crippen LogP contribution is -2.37. The predicted octanol–water partition coefficient (Wildman–Crippen LogP) is 1.21. The average Bonchev–Trinajstić information content (AvgIpc) is 2.63. The number of nitrogen functional groups attached to an aromatic ring is 1. The lowest BCUT2D eigenvalue weighted by atomic mass is 10.1. The molecule has 1 aromatic carbocycles. The molecule has 6 nitrogen and oxygen atoms in total. The molecule has 1 aromatic rings. The molecule has 1 aliphatic rings. The van der Waals surface area contributed by atoms with E-state index in [0.717, 1.165) is 0 Å². The van der Waals surface area contributed by atoms with E-state index in [0.29, 0.717) is 16.6 Å². The van der Waals surface area contributed by atoms with Crippen LogP contribution in [0.1, 0.15) is 33.6 Å². The maximum Gasteiger partial charge on any atom is 0.277 e. The van der Waals surface area contributed by atoms with E-state index in [1.807, 2.05) is 0 Å². The van der Waals surface area contributed by atoms with E-state index in [-0.39, 0.29) is 29.0 Å². The standard InChI is InChI=1S/C12H13ClN2O4S/c13-6-1-2-7-20(18,19)15-11(16)8-4-3-5-9(14)10(8)12(15)17/h3-5H,1-2,6-7,14H2. The Morgan fingerprint density at radius 1 is 1.15 bits per heavy atom. The molecule has 0 atom stereocenters. The summed E-state index contributed by atoms with van der Waals surface area (Å²) in [4.78, 5) is 24.2. The van der Waals surface area contributed by atoms with Crippen LogP contribution in [0.15, 0.2) is 18.2 Å². The maximum atomic E-state index is 12.1. The smallest absolute Gasteiger partial charge is 0.277 e. The highest BCUT2D eigenvalue weighted by atomic mass is 35.5. The van der Waals surface area contributed by atoms with E-state index < -0.39 is 21.8 Å². The number of halogens is 1. The fourth-order valence-corrected chi connectivity index (χ4v) is 3.65. The number of benzene rings is 1. The summed E-state index contributed by atoms with van der Waals surface area (Å²) < 4.78 is 24.5. The van der Waals surface area contributed by atoms with Crippen molar-refractivity contribution >= 4 is 39.1 Å². The van der Waals surface area contributed by atoms with E-state index in [1.54, 1.807) is 0 Å². The Balaban J connectivity index is 2.35. The third kappa shape index (κ3) is 2.38. The molecule has 20 heavy (non-hydrogen) atoms. The Labute approximate surface area is 121 Å². The molecular formula is C12H13ClN2O4S. The van der Waals surface area contributed by atoms with Crippen LogP contribution in [0.25, 0.3) is 0 Å². The third-order valence-corrected chi connectivity index (χ3v) is 4.93. The fourth-order valence-electron chi connectivity index (χ4n) is 2.01. The van der Waals surface area contributed by atoms with Gasteiger partial charge in [-0.25, -0.2) is 8.42 Å². The second-order valence-corrected chi connectivity index (χ2v) is 6.67. The molecule has 0 fully saturated rings. The zero-order chi connectivity index (χ0) is 14.9. The van der Waals surface area contributed by atoms with Crippen molar-refractivity contribution in [2.24, 2.45) is 0 Å². The number of carbonyl (C=O) groups excluding carboxylic acids is 2. The van der Waals surface area contributed by atoms with Crippen LogP contribution in [0, 0.1) is 0 Å². The second-order valence-electron chi connectivity index (χ2n) is 4.36. The number of nitrogens with zero attached hydrogens (tertiary/aromatic N) is 1. The van der Waals surface area contributed by atoms with E-state index in [4.69, 9.17) is 17.3 Å². The highest BCUT2D eigenvalue weighted by molar-refractivity contribution is 7.90. The van der Waals surface area contributed by atoms with Crippen molar-refractivity contribution in [3.05, 3.63) is 29.3 Å². The topological polar surface area (TPSA) is 97.5 Å². The highest BCUT2D eigenvalue weighted by Gasteiger charge is 2.43. The first kappa shape index (κ1) is 14.8. The fraction of sp³-hybridized carbons (Fsp3) is 0.333. The molecule has 0 unspecified atom stereocenters. The van der Waals surface area contributed by atoms with Gasteiger partial charge in [0.1, 0.15) is 0 Å². The van der Waals surface area contributed by atoms with E-state index in [2.05, 4.69) is 0 Å². The molecule has 1 heterocycles. The van der Waals surface area contributed by atoms with Crippen molar-refractivity contribution in [1.29, 1.82) is 0 Å². The number of hydrogen-bond donors (Lipinski definition) is 1. The van der Waals surface area contributed by atoms with Gasteiger partial charge in [-0.2, -0.15) is 4.31 Å². The summed E-state index contributed by atoms with van der Waals surface area (Å²) in [6.45, 7) is 0. The molecule has 8 heteroatoms. The summed E-state index contributed by atoms with van der Waals surface area (Å²) in [7, 11) is -4.00. The molecule has 0 saturated heterocycles. The third-order valence-electron chi connectivity index (χ3n) is 2.97. The zero-order valence-corrected chi connectivity index (χ0v) is 12.1. The van der Waals surface area contributed by atoms with E-state index in [9.17, 15) is 18.0 Å². The number of fused-ring (bicyclic) bond motifs is 1. The minimum absolute atomic E-state index is 0.0240. The predicted molar refractivity (Wildman–Crippen MR) is 75.1 cm³/mol. The van der Waals surface area contributed by atoms with Crippen LogP contribution in [0.3, 0.4) is 0 Å². The van der Waals surface area contributed by atoms with Gasteiger partial charge in [-0.1, -0.05) is 6.07 Å². The zero-order valence-electron chi connectivity index (χ0n) is 10.5. The maximum absolute atomic E-state index is 12.1. The van der Waals surface area contributed by atoms with Gasteiger partial charge in [0.05, 0.1) is 16.9 Å². The number of imide groups is 1. The van der Waals surface area contributed by atoms with Crippen molar-refractivity contribution in [2.75, 3.05) is 17.4 Å². The lowest BCUT2D eigenvalue weighted by molar-refractivity contribution is 0.0766. The van der Waals surface area contributed by atoms with Crippen molar-refractivity contribution in [3.63, 3.8) is 0 Å². The first-order chi connectivity index (χ1) is 9.40. The van der Waals surface area contributed by atoms with Gasteiger partial charge in [-0.05, 0) is 25.0 Å². The monoisotopic (exact) mass is 316 g/mol. The van der Waals surface area contributed by atoms with Gasteiger partial charge in [0.15, 0.2) is 0 Å². The Bertz CT molecular complexity index is 672. The molecule has 2 rings (SSSR count). The SMILES string of the molecule is Nc1cccc2c1C(=O)N(S(=O)(=O)CCCCCl)C2=O. The summed E-state index contributed by atoms with van der Waals surface area (Å²) in [6.07, 6.45) is 0.779. The summed E-state index contributed by atoms with van der Waals surface area (Å²) in [5.41, 5.74) is 5.72. The number of nitrogens with two attached hydrogens (primary N) is 1. The van der Waals surface area contributed by atoms with Crippen molar-refractivity contribution in [3.8, 4) is 0 Å². The van der Waals surface area contributed by atoms with Crippen LogP contribution in [-0.2, 0) is 10.0 Å². The molecule has 2 N–H and O–H groups in total. The molecular weight excluding hydrogens is 304 g/mol. The Morgan fingerprint density at radius 3 is 2.45 bits per heavy atom. The minimum Gasteiger partial charge on any atom is -0.398 e. The quantitative estimate of drug-likeness (QED) is 0.381. The van der Waals surface area contributed by atoms with Crippen LogP contribution in [0.5, 0.6) is 0 Å². The van der Waals surface area contributed by atoms with Gasteiger partial charge in [-0.15, -0.1) is 11.6 Å². The normalized spacial score (nSPS) is 14.8. The van der Waals surface area contributed by atoms with Crippen molar-refractivity contribution in [1.82, 2.24) is 4.31 Å². The molecule has 0 radical (unpaired) electrons. The molecule has 108 valence electrons. The number of alkyl halides is 1. The molecule has 0 aliphatic carbocycles. The number of carbonyl (C=O) groups is 2. The van der Waals surface area contributed by atoms with Crippen LogP contribution in [0.4, 0.5) is 5.69 Å². The van der Waals surface area contributed by atoms with Crippen LogP contribution < -0.4 is 5.73 Å². The van der Waals surface area contributed by atoms with Gasteiger partial charge < -0.3 is 5.73 Å². The Hall–Kier alpha value is -1.60. The van der Waals surface area contributed by atoms with Crippen molar-refractivity contribution in [2.45, 2.75) is 12.8 Å². The summed E-state index contributed by atoms with van der Waals surface area (Å²) >= 11 is 5.48. The second kappa shape index (κ2) is 5.41. The van der Waals surface area contributed by atoms with Gasteiger partial charge in [0.2, 0.25) is 10.0 Å². The van der Waals surface area contributed by atoms with Crippen LogP contribution in [0.2, 0.25) is 0 Å². The summed E-state index contributed by atoms with van der Waals surface area (Å²) in [6, 6.07) is 4.34. The molecule has 0 aromatic heterocycles. The molecule has 0 bridgehead atoms. The molecule has 0 saturated carbocycles. The highest BCUT2D eigenvalue weighted by Crippen LogP contribution is 2.29. The largest absolute Gasteiger partial charge is 0.398 e. The number of unbranched alkanes of at least 4 members (excludes halogenated alkanes) is 1. The van der Waals surface area contributed by atoms with Crippen molar-refractivity contribution < 1.29 is 18.0 Å². The lowest BCUT2D eigenvalue weighted by Gasteiger charge is -2.14. The van der Waals surface area contributed by atoms with Gasteiger partial charge >= 0.3 is 0 Å². The molecule has 0 spiro atoms. The van der Waals surface area contributed by atoms with Gasteiger partial charge in [-0.3, -0.25) is 9.59 Å². The molecule has 1 aliphatic heterocycles. The Kier molecular flexibility index (Phi) is 4.01. The van der Waals surface area contributed by atoms with E-state index in [1.165, 1.54) is 18.2 Å². The average molecular weight is 317 g/mol. The first-order valence-electron chi connectivity index (χ1n) is 5.96. The van der Waals surface area contributed by atoms with Gasteiger partial charge in [0.25, 0.3) is 11.8 Å². The number of anilines is 1.